The van der Waals surface area contributed by atoms with Gasteiger partial charge in [0.05, 0.1) is 17.7 Å². The van der Waals surface area contributed by atoms with Crippen molar-refractivity contribution in [3.8, 4) is 11.5 Å². The van der Waals surface area contributed by atoms with Gasteiger partial charge in [-0.1, -0.05) is 36.4 Å². The molecule has 4 rings (SSSR count). The van der Waals surface area contributed by atoms with Gasteiger partial charge in [-0.25, -0.2) is 19.0 Å². The average molecular weight is 431 g/mol. The quantitative estimate of drug-likeness (QED) is 0.319. The lowest BCUT2D eigenvalue weighted by atomic mass is 10.1. The molecule has 0 saturated heterocycles. The van der Waals surface area contributed by atoms with E-state index in [0.29, 0.717) is 23.5 Å². The molecular weight excluding hydrogens is 413 g/mol. The molecule has 1 heterocycles. The number of nitrogens with zero attached hydrogens (tertiary/aromatic N) is 1. The van der Waals surface area contributed by atoms with Crippen molar-refractivity contribution in [2.75, 3.05) is 6.61 Å². The van der Waals surface area contributed by atoms with E-state index in [9.17, 15) is 14.0 Å². The third-order valence-electron chi connectivity index (χ3n) is 4.51. The lowest BCUT2D eigenvalue weighted by Gasteiger charge is -2.11. The van der Waals surface area contributed by atoms with E-state index in [1.807, 2.05) is 0 Å². The van der Waals surface area contributed by atoms with E-state index < -0.39 is 17.8 Å². The predicted molar refractivity (Wildman–Crippen MR) is 116 cm³/mol. The molecule has 0 aromatic heterocycles. The molecule has 160 valence electrons. The number of hydrogen-bond donors (Lipinski definition) is 0. The fourth-order valence-corrected chi connectivity index (χ4v) is 3.02. The SMILES string of the molecule is CCOc1cc(/C=C2\N=C(c3ccccc3F)OC2=O)ccc1OC(=O)c1ccccc1. The van der Waals surface area contributed by atoms with Crippen molar-refractivity contribution >= 4 is 23.9 Å². The Balaban J connectivity index is 1.61. The minimum Gasteiger partial charge on any atom is -0.490 e. The van der Waals surface area contributed by atoms with Gasteiger partial charge in [0.2, 0.25) is 5.90 Å². The van der Waals surface area contributed by atoms with Crippen molar-refractivity contribution in [2.45, 2.75) is 6.92 Å². The number of aliphatic imine (C=N–C) groups is 1. The van der Waals surface area contributed by atoms with Crippen LogP contribution in [0.5, 0.6) is 11.5 Å². The Kier molecular flexibility index (Phi) is 6.07. The maximum Gasteiger partial charge on any atom is 0.363 e. The van der Waals surface area contributed by atoms with Crippen LogP contribution in [0.25, 0.3) is 6.08 Å². The number of halogens is 1. The number of cyclic esters (lactones) is 1. The Labute approximate surface area is 183 Å². The minimum atomic E-state index is -0.694. The molecule has 0 radical (unpaired) electrons. The summed E-state index contributed by atoms with van der Waals surface area (Å²) in [6.45, 7) is 2.14. The van der Waals surface area contributed by atoms with Crippen LogP contribution in [0.15, 0.2) is 83.5 Å². The van der Waals surface area contributed by atoms with Crippen LogP contribution in [0.2, 0.25) is 0 Å². The summed E-state index contributed by atoms with van der Waals surface area (Å²) >= 11 is 0. The van der Waals surface area contributed by atoms with Crippen LogP contribution in [0, 0.1) is 5.82 Å². The van der Waals surface area contributed by atoms with Crippen LogP contribution < -0.4 is 9.47 Å². The van der Waals surface area contributed by atoms with Gasteiger partial charge in [0.1, 0.15) is 5.82 Å². The number of esters is 2. The van der Waals surface area contributed by atoms with E-state index in [2.05, 4.69) is 4.99 Å². The molecule has 6 nitrogen and oxygen atoms in total. The van der Waals surface area contributed by atoms with Crippen molar-refractivity contribution in [3.63, 3.8) is 0 Å². The molecule has 1 aliphatic heterocycles. The molecule has 0 amide bonds. The summed E-state index contributed by atoms with van der Waals surface area (Å²) in [4.78, 5) is 28.7. The molecule has 32 heavy (non-hydrogen) atoms. The summed E-state index contributed by atoms with van der Waals surface area (Å²) in [6, 6.07) is 19.3. The maximum atomic E-state index is 14.0. The Morgan fingerprint density at radius 2 is 1.78 bits per heavy atom. The Morgan fingerprint density at radius 3 is 2.53 bits per heavy atom. The van der Waals surface area contributed by atoms with E-state index in [-0.39, 0.29) is 22.9 Å². The van der Waals surface area contributed by atoms with E-state index in [0.717, 1.165) is 0 Å². The highest BCUT2D eigenvalue weighted by Gasteiger charge is 2.26. The van der Waals surface area contributed by atoms with Gasteiger partial charge >= 0.3 is 11.9 Å². The average Bonchev–Trinajstić information content (AvgIpc) is 3.16. The fraction of sp³-hybridized carbons (Fsp3) is 0.0800. The van der Waals surface area contributed by atoms with Crippen LogP contribution in [0.4, 0.5) is 4.39 Å². The van der Waals surface area contributed by atoms with Crippen molar-refractivity contribution in [2.24, 2.45) is 4.99 Å². The van der Waals surface area contributed by atoms with Crippen LogP contribution >= 0.6 is 0 Å². The van der Waals surface area contributed by atoms with Gasteiger partial charge in [0, 0.05) is 0 Å². The van der Waals surface area contributed by atoms with Gasteiger partial charge in [0.25, 0.3) is 0 Å². The van der Waals surface area contributed by atoms with Crippen LogP contribution in [-0.4, -0.2) is 24.4 Å². The topological polar surface area (TPSA) is 74.2 Å². The maximum absolute atomic E-state index is 14.0. The number of ether oxygens (including phenoxy) is 3. The second-order valence-electron chi connectivity index (χ2n) is 6.71. The first-order valence-corrected chi connectivity index (χ1v) is 9.86. The fourth-order valence-electron chi connectivity index (χ4n) is 3.02. The Morgan fingerprint density at radius 1 is 1.03 bits per heavy atom. The molecule has 0 bridgehead atoms. The number of carbonyl (C=O) groups excluding carboxylic acids is 2. The van der Waals surface area contributed by atoms with Gasteiger partial charge in [-0.3, -0.25) is 0 Å². The first-order valence-electron chi connectivity index (χ1n) is 9.86. The standard InChI is InChI=1S/C25H18FNO5/c1-2-30-22-15-16(12-13-21(22)31-24(28)17-8-4-3-5-9-17)14-20-25(29)32-23(27-20)18-10-6-7-11-19(18)26/h3-15H,2H2,1H3/b20-14-. The molecule has 1 aliphatic rings. The molecule has 3 aromatic carbocycles. The zero-order valence-electron chi connectivity index (χ0n) is 17.1. The molecule has 0 spiro atoms. The zero-order valence-corrected chi connectivity index (χ0v) is 17.1. The summed E-state index contributed by atoms with van der Waals surface area (Å²) in [7, 11) is 0. The number of rotatable bonds is 6. The Hall–Kier alpha value is -4.26. The van der Waals surface area contributed by atoms with E-state index in [1.54, 1.807) is 61.5 Å². The highest BCUT2D eigenvalue weighted by molar-refractivity contribution is 6.13. The second-order valence-corrected chi connectivity index (χ2v) is 6.71. The summed E-state index contributed by atoms with van der Waals surface area (Å²) < 4.78 is 30.2. The van der Waals surface area contributed by atoms with Crippen molar-refractivity contribution < 1.29 is 28.2 Å². The number of carbonyl (C=O) groups is 2. The summed E-state index contributed by atoms with van der Waals surface area (Å²) in [5, 5.41) is 0. The second kappa shape index (κ2) is 9.26. The number of benzene rings is 3. The normalized spacial score (nSPS) is 14.1. The molecule has 0 N–H and O–H groups in total. The van der Waals surface area contributed by atoms with Gasteiger partial charge in [-0.05, 0) is 55.0 Å². The molecule has 0 aliphatic carbocycles. The lowest BCUT2D eigenvalue weighted by Crippen LogP contribution is -2.09. The molecule has 7 heteroatoms. The monoisotopic (exact) mass is 431 g/mol. The zero-order chi connectivity index (χ0) is 22.5. The van der Waals surface area contributed by atoms with Gasteiger partial charge in [-0.2, -0.15) is 0 Å². The highest BCUT2D eigenvalue weighted by atomic mass is 19.1. The van der Waals surface area contributed by atoms with Crippen LogP contribution in [0.3, 0.4) is 0 Å². The third kappa shape index (κ3) is 4.57. The molecule has 0 saturated carbocycles. The van der Waals surface area contributed by atoms with E-state index in [1.165, 1.54) is 24.3 Å². The number of hydrogen-bond acceptors (Lipinski definition) is 6. The van der Waals surface area contributed by atoms with E-state index in [4.69, 9.17) is 14.2 Å². The predicted octanol–water partition coefficient (Wildman–Crippen LogP) is 4.79. The highest BCUT2D eigenvalue weighted by Crippen LogP contribution is 2.31. The first-order chi connectivity index (χ1) is 15.5. The minimum absolute atomic E-state index is 0.0136. The van der Waals surface area contributed by atoms with Gasteiger partial charge in [0.15, 0.2) is 17.2 Å². The lowest BCUT2D eigenvalue weighted by molar-refractivity contribution is -0.129. The van der Waals surface area contributed by atoms with Crippen molar-refractivity contribution in [1.29, 1.82) is 0 Å². The summed E-state index contributed by atoms with van der Waals surface area (Å²) in [5.41, 5.74) is 1.09. The third-order valence-corrected chi connectivity index (χ3v) is 4.51. The molecule has 0 atom stereocenters. The molecule has 0 fully saturated rings. The Bertz CT molecular complexity index is 1230. The first kappa shape index (κ1) is 21.0. The van der Waals surface area contributed by atoms with Crippen molar-refractivity contribution in [3.05, 3.63) is 101 Å². The molecule has 3 aromatic rings. The van der Waals surface area contributed by atoms with Gasteiger partial charge < -0.3 is 14.2 Å². The summed E-state index contributed by atoms with van der Waals surface area (Å²) in [6.07, 6.45) is 1.49. The van der Waals surface area contributed by atoms with Crippen LogP contribution in [0.1, 0.15) is 28.4 Å². The van der Waals surface area contributed by atoms with Crippen molar-refractivity contribution in [1.82, 2.24) is 0 Å². The largest absolute Gasteiger partial charge is 0.490 e. The van der Waals surface area contributed by atoms with Crippen LogP contribution in [-0.2, 0) is 9.53 Å². The summed E-state index contributed by atoms with van der Waals surface area (Å²) in [5.74, 6) is -1.28. The van der Waals surface area contributed by atoms with E-state index >= 15 is 0 Å². The van der Waals surface area contributed by atoms with Gasteiger partial charge in [-0.15, -0.1) is 0 Å². The molecular formula is C25H18FNO5. The smallest absolute Gasteiger partial charge is 0.363 e. The molecule has 0 unspecified atom stereocenters.